The summed E-state index contributed by atoms with van der Waals surface area (Å²) < 4.78 is 7.33. The number of ether oxygens (including phenoxy) is 1. The lowest BCUT2D eigenvalue weighted by Gasteiger charge is -2.24. The first kappa shape index (κ1) is 15.5. The van der Waals surface area contributed by atoms with Crippen molar-refractivity contribution in [1.82, 2.24) is 0 Å². The van der Waals surface area contributed by atoms with Crippen LogP contribution in [0.5, 0.6) is 5.75 Å². The number of benzene rings is 1. The van der Waals surface area contributed by atoms with Crippen molar-refractivity contribution in [2.24, 2.45) is 5.73 Å². The van der Waals surface area contributed by atoms with E-state index in [4.69, 9.17) is 10.5 Å². The molecule has 0 spiro atoms. The van der Waals surface area contributed by atoms with Gasteiger partial charge in [-0.1, -0.05) is 32.0 Å². The minimum atomic E-state index is -0.0935. The summed E-state index contributed by atoms with van der Waals surface area (Å²) in [5, 5.41) is 2.07. The number of hydrogen-bond donors (Lipinski definition) is 1. The van der Waals surface area contributed by atoms with E-state index in [1.165, 1.54) is 5.56 Å². The minimum absolute atomic E-state index is 0.00883. The van der Waals surface area contributed by atoms with Crippen molar-refractivity contribution in [2.75, 3.05) is 0 Å². The van der Waals surface area contributed by atoms with Gasteiger partial charge >= 0.3 is 0 Å². The largest absolute Gasteiger partial charge is 0.483 e. The molecule has 108 valence electrons. The molecule has 2 N–H and O–H groups in total. The number of para-hydroxylation sites is 1. The summed E-state index contributed by atoms with van der Waals surface area (Å²) in [6.45, 7) is 4.23. The van der Waals surface area contributed by atoms with Gasteiger partial charge in [-0.3, -0.25) is 0 Å². The van der Waals surface area contributed by atoms with Gasteiger partial charge in [0.2, 0.25) is 0 Å². The Morgan fingerprint density at radius 1 is 1.30 bits per heavy atom. The Labute approximate surface area is 133 Å². The first-order valence-corrected chi connectivity index (χ1v) is 8.57. The van der Waals surface area contributed by atoms with E-state index in [0.29, 0.717) is 0 Å². The molecule has 0 aliphatic carbocycles. The van der Waals surface area contributed by atoms with Gasteiger partial charge < -0.3 is 10.5 Å². The number of rotatable bonds is 6. The van der Waals surface area contributed by atoms with Crippen LogP contribution in [-0.4, -0.2) is 6.04 Å². The highest BCUT2D eigenvalue weighted by Gasteiger charge is 2.23. The third-order valence-corrected chi connectivity index (χ3v) is 5.09. The zero-order valence-electron chi connectivity index (χ0n) is 11.8. The molecule has 2 atom stereocenters. The maximum absolute atomic E-state index is 6.26. The predicted molar refractivity (Wildman–Crippen MR) is 89.5 cm³/mol. The summed E-state index contributed by atoms with van der Waals surface area (Å²) in [6, 6.07) is 10.3. The molecule has 0 saturated carbocycles. The number of halogens is 1. The van der Waals surface area contributed by atoms with Crippen molar-refractivity contribution >= 4 is 27.3 Å². The van der Waals surface area contributed by atoms with E-state index >= 15 is 0 Å². The molecule has 0 bridgehead atoms. The fourth-order valence-electron chi connectivity index (χ4n) is 2.10. The summed E-state index contributed by atoms with van der Waals surface area (Å²) in [6.07, 6.45) is 1.75. The highest BCUT2D eigenvalue weighted by molar-refractivity contribution is 9.10. The summed E-state index contributed by atoms with van der Waals surface area (Å²) in [7, 11) is 0. The second kappa shape index (κ2) is 7.25. The normalized spacial score (nSPS) is 14.0. The number of thiophene rings is 1. The van der Waals surface area contributed by atoms with Gasteiger partial charge in [0.25, 0.3) is 0 Å². The number of nitrogens with two attached hydrogens (primary N) is 1. The van der Waals surface area contributed by atoms with Crippen molar-refractivity contribution < 1.29 is 4.74 Å². The van der Waals surface area contributed by atoms with E-state index in [9.17, 15) is 0 Å². The quantitative estimate of drug-likeness (QED) is 0.798. The molecule has 20 heavy (non-hydrogen) atoms. The Kier molecular flexibility index (Phi) is 5.64. The highest BCUT2D eigenvalue weighted by atomic mass is 79.9. The summed E-state index contributed by atoms with van der Waals surface area (Å²) in [5.41, 5.74) is 7.48. The molecule has 0 fully saturated rings. The van der Waals surface area contributed by atoms with Gasteiger partial charge in [0.1, 0.15) is 11.9 Å². The van der Waals surface area contributed by atoms with E-state index in [0.717, 1.165) is 27.9 Å². The molecule has 2 unspecified atom stereocenters. The van der Waals surface area contributed by atoms with Crippen LogP contribution in [0.4, 0.5) is 0 Å². The van der Waals surface area contributed by atoms with Gasteiger partial charge in [0.05, 0.1) is 0 Å². The molecule has 4 heteroatoms. The first-order chi connectivity index (χ1) is 9.65. The molecule has 2 rings (SSSR count). The summed E-state index contributed by atoms with van der Waals surface area (Å²) in [5.74, 6) is 0.938. The lowest BCUT2D eigenvalue weighted by atomic mass is 10.1. The molecule has 0 amide bonds. The zero-order valence-corrected chi connectivity index (χ0v) is 14.2. The molecule has 0 saturated heterocycles. The van der Waals surface area contributed by atoms with E-state index in [1.54, 1.807) is 11.3 Å². The van der Waals surface area contributed by atoms with Crippen LogP contribution in [0.3, 0.4) is 0 Å². The number of aryl methyl sites for hydroxylation is 1. The Bertz CT molecular complexity index is 555. The van der Waals surface area contributed by atoms with Crippen LogP contribution in [0.1, 0.15) is 36.8 Å². The Balaban J connectivity index is 2.28. The predicted octanol–water partition coefficient (Wildman–Crippen LogP) is 4.93. The standard InChI is InChI=1S/C16H20BrNOS/c1-3-11-7-5-6-8-14(11)19-16(13(18)4-2)15-9-12(17)10-20-15/h5-10,13,16H,3-4,18H2,1-2H3. The van der Waals surface area contributed by atoms with Crippen molar-refractivity contribution in [3.05, 3.63) is 50.6 Å². The van der Waals surface area contributed by atoms with E-state index < -0.39 is 0 Å². The van der Waals surface area contributed by atoms with Gasteiger partial charge in [-0.2, -0.15) is 0 Å². The second-order valence-corrected chi connectivity index (χ2v) is 6.60. The molecule has 0 aliphatic heterocycles. The van der Waals surface area contributed by atoms with Crippen molar-refractivity contribution in [1.29, 1.82) is 0 Å². The SMILES string of the molecule is CCc1ccccc1OC(c1cc(Br)cs1)C(N)CC. The van der Waals surface area contributed by atoms with E-state index in [-0.39, 0.29) is 12.1 Å². The van der Waals surface area contributed by atoms with E-state index in [1.807, 2.05) is 18.2 Å². The average molecular weight is 354 g/mol. The second-order valence-electron chi connectivity index (χ2n) is 4.74. The first-order valence-electron chi connectivity index (χ1n) is 6.89. The third-order valence-electron chi connectivity index (χ3n) is 3.34. The van der Waals surface area contributed by atoms with Crippen LogP contribution >= 0.6 is 27.3 Å². The smallest absolute Gasteiger partial charge is 0.148 e. The lowest BCUT2D eigenvalue weighted by molar-refractivity contribution is 0.173. The Morgan fingerprint density at radius 3 is 2.65 bits per heavy atom. The van der Waals surface area contributed by atoms with Crippen LogP contribution < -0.4 is 10.5 Å². The third kappa shape index (κ3) is 3.62. The maximum atomic E-state index is 6.26. The lowest BCUT2D eigenvalue weighted by Crippen LogP contribution is -2.31. The molecule has 1 aromatic heterocycles. The summed E-state index contributed by atoms with van der Waals surface area (Å²) >= 11 is 5.18. The molecule has 0 aliphatic rings. The van der Waals surface area contributed by atoms with Gasteiger partial charge in [0, 0.05) is 20.8 Å². The van der Waals surface area contributed by atoms with E-state index in [2.05, 4.69) is 47.3 Å². The monoisotopic (exact) mass is 353 g/mol. The average Bonchev–Trinajstić information content (AvgIpc) is 2.90. The molecule has 1 aromatic carbocycles. The van der Waals surface area contributed by atoms with Crippen LogP contribution in [0.15, 0.2) is 40.2 Å². The Hall–Kier alpha value is -0.840. The minimum Gasteiger partial charge on any atom is -0.483 e. The van der Waals surface area contributed by atoms with Crippen molar-refractivity contribution in [3.63, 3.8) is 0 Å². The molecule has 0 radical (unpaired) electrons. The fourth-order valence-corrected chi connectivity index (χ4v) is 3.64. The molecular formula is C16H20BrNOS. The topological polar surface area (TPSA) is 35.2 Å². The van der Waals surface area contributed by atoms with Gasteiger partial charge in [-0.15, -0.1) is 11.3 Å². The molecule has 2 nitrogen and oxygen atoms in total. The zero-order chi connectivity index (χ0) is 14.5. The fraction of sp³-hybridized carbons (Fsp3) is 0.375. The van der Waals surface area contributed by atoms with Crippen LogP contribution in [0.25, 0.3) is 0 Å². The molecule has 1 heterocycles. The Morgan fingerprint density at radius 2 is 2.05 bits per heavy atom. The van der Waals surface area contributed by atoms with Gasteiger partial charge in [-0.05, 0) is 46.5 Å². The van der Waals surface area contributed by atoms with Crippen LogP contribution in [0.2, 0.25) is 0 Å². The highest BCUT2D eigenvalue weighted by Crippen LogP contribution is 2.33. The molecule has 2 aromatic rings. The maximum Gasteiger partial charge on any atom is 0.148 e. The van der Waals surface area contributed by atoms with Crippen molar-refractivity contribution in [2.45, 2.75) is 38.8 Å². The number of hydrogen-bond acceptors (Lipinski definition) is 3. The summed E-state index contributed by atoms with van der Waals surface area (Å²) in [4.78, 5) is 1.16. The van der Waals surface area contributed by atoms with Crippen molar-refractivity contribution in [3.8, 4) is 5.75 Å². The van der Waals surface area contributed by atoms with Gasteiger partial charge in [-0.25, -0.2) is 0 Å². The molecular weight excluding hydrogens is 334 g/mol. The van der Waals surface area contributed by atoms with Crippen LogP contribution in [-0.2, 0) is 6.42 Å². The van der Waals surface area contributed by atoms with Crippen LogP contribution in [0, 0.1) is 0 Å². The van der Waals surface area contributed by atoms with Gasteiger partial charge in [0.15, 0.2) is 0 Å².